The van der Waals surface area contributed by atoms with Crippen molar-refractivity contribution in [1.82, 2.24) is 4.90 Å². The summed E-state index contributed by atoms with van der Waals surface area (Å²) in [4.78, 5) is 17.2. The summed E-state index contributed by atoms with van der Waals surface area (Å²) in [6.07, 6.45) is 0. The van der Waals surface area contributed by atoms with Crippen molar-refractivity contribution >= 4 is 33.0 Å². The molecule has 0 atom stereocenters. The van der Waals surface area contributed by atoms with Crippen LogP contribution in [-0.4, -0.2) is 66.1 Å². The third kappa shape index (κ3) is 5.93. The standard InChI is InChI=1S/C26H30N4O4S/c1-28(22-8-4-3-5-9-22)35(32,33)25-10-6-7-21(19-25)27-26(31)20-29-15-17-30(18-16-29)23-11-13-24(34-2)14-12-23/h3-14,19H,15-18,20H2,1-2H3,(H,27,31). The second kappa shape index (κ2) is 10.8. The third-order valence-corrected chi connectivity index (χ3v) is 7.85. The Morgan fingerprint density at radius 2 is 1.63 bits per heavy atom. The molecule has 1 fully saturated rings. The molecule has 0 aromatic heterocycles. The molecule has 3 aromatic carbocycles. The van der Waals surface area contributed by atoms with Crippen molar-refractivity contribution in [3.8, 4) is 5.75 Å². The topological polar surface area (TPSA) is 82.2 Å². The van der Waals surface area contributed by atoms with E-state index in [0.29, 0.717) is 11.4 Å². The Balaban J connectivity index is 1.33. The number of hydrogen-bond donors (Lipinski definition) is 1. The van der Waals surface area contributed by atoms with E-state index in [1.54, 1.807) is 43.5 Å². The zero-order valence-corrected chi connectivity index (χ0v) is 20.7. The summed E-state index contributed by atoms with van der Waals surface area (Å²) in [5.74, 6) is 0.654. The highest BCUT2D eigenvalue weighted by molar-refractivity contribution is 7.92. The van der Waals surface area contributed by atoms with Crippen LogP contribution in [0.25, 0.3) is 0 Å². The smallest absolute Gasteiger partial charge is 0.264 e. The quantitative estimate of drug-likeness (QED) is 0.518. The van der Waals surface area contributed by atoms with Crippen LogP contribution in [0.4, 0.5) is 17.1 Å². The highest BCUT2D eigenvalue weighted by atomic mass is 32.2. The molecule has 184 valence electrons. The van der Waals surface area contributed by atoms with Crippen molar-refractivity contribution in [2.45, 2.75) is 4.90 Å². The van der Waals surface area contributed by atoms with Gasteiger partial charge in [-0.05, 0) is 54.6 Å². The van der Waals surface area contributed by atoms with Crippen LogP contribution in [0.1, 0.15) is 0 Å². The minimum absolute atomic E-state index is 0.120. The number of rotatable bonds is 8. The minimum Gasteiger partial charge on any atom is -0.497 e. The maximum atomic E-state index is 13.1. The Morgan fingerprint density at radius 3 is 2.29 bits per heavy atom. The van der Waals surface area contributed by atoms with E-state index < -0.39 is 10.0 Å². The fourth-order valence-corrected chi connectivity index (χ4v) is 5.27. The van der Waals surface area contributed by atoms with Gasteiger partial charge in [-0.2, -0.15) is 0 Å². The first-order valence-corrected chi connectivity index (χ1v) is 12.9. The number of carbonyl (C=O) groups excluding carboxylic acids is 1. The highest BCUT2D eigenvalue weighted by Crippen LogP contribution is 2.24. The summed E-state index contributed by atoms with van der Waals surface area (Å²) in [5, 5.41) is 2.84. The number of nitrogens with one attached hydrogen (secondary N) is 1. The number of ether oxygens (including phenoxy) is 1. The first-order chi connectivity index (χ1) is 16.9. The minimum atomic E-state index is -3.76. The van der Waals surface area contributed by atoms with Gasteiger partial charge in [0.05, 0.1) is 24.2 Å². The molecule has 1 amide bonds. The summed E-state index contributed by atoms with van der Waals surface area (Å²) in [5.41, 5.74) is 2.15. The van der Waals surface area contributed by atoms with Crippen molar-refractivity contribution in [2.75, 3.05) is 61.4 Å². The van der Waals surface area contributed by atoms with E-state index in [1.807, 2.05) is 30.3 Å². The fraction of sp³-hybridized carbons (Fsp3) is 0.269. The van der Waals surface area contributed by atoms with E-state index in [9.17, 15) is 13.2 Å². The van der Waals surface area contributed by atoms with Gasteiger partial charge in [0.25, 0.3) is 10.0 Å². The molecule has 9 heteroatoms. The number of carbonyl (C=O) groups is 1. The monoisotopic (exact) mass is 494 g/mol. The summed E-state index contributed by atoms with van der Waals surface area (Å²) in [7, 11) is -0.591. The normalized spacial score (nSPS) is 14.4. The molecule has 0 bridgehead atoms. The van der Waals surface area contributed by atoms with Gasteiger partial charge < -0.3 is 15.0 Å². The predicted octanol–water partition coefficient (Wildman–Crippen LogP) is 3.28. The zero-order chi connectivity index (χ0) is 24.8. The number of para-hydroxylation sites is 1. The van der Waals surface area contributed by atoms with Crippen LogP contribution in [0.5, 0.6) is 5.75 Å². The number of anilines is 3. The Kier molecular flexibility index (Phi) is 7.57. The van der Waals surface area contributed by atoms with Crippen LogP contribution in [0.15, 0.2) is 83.8 Å². The van der Waals surface area contributed by atoms with Crippen LogP contribution in [-0.2, 0) is 14.8 Å². The van der Waals surface area contributed by atoms with Crippen LogP contribution in [0.3, 0.4) is 0 Å². The second-order valence-electron chi connectivity index (χ2n) is 8.35. The van der Waals surface area contributed by atoms with Crippen LogP contribution in [0.2, 0.25) is 0 Å². The predicted molar refractivity (Wildman–Crippen MR) is 139 cm³/mol. The second-order valence-corrected chi connectivity index (χ2v) is 10.3. The van der Waals surface area contributed by atoms with Crippen molar-refractivity contribution in [1.29, 1.82) is 0 Å². The SMILES string of the molecule is COc1ccc(N2CCN(CC(=O)Nc3cccc(S(=O)(=O)N(C)c4ccccc4)c3)CC2)cc1. The summed E-state index contributed by atoms with van der Waals surface area (Å²) in [6.45, 7) is 3.40. The van der Waals surface area contributed by atoms with Crippen molar-refractivity contribution in [3.63, 3.8) is 0 Å². The third-order valence-electron chi connectivity index (χ3n) is 6.07. The first-order valence-electron chi connectivity index (χ1n) is 11.4. The number of piperazine rings is 1. The number of sulfonamides is 1. The van der Waals surface area contributed by atoms with Gasteiger partial charge in [0, 0.05) is 44.6 Å². The molecule has 0 unspecified atom stereocenters. The largest absolute Gasteiger partial charge is 0.497 e. The highest BCUT2D eigenvalue weighted by Gasteiger charge is 2.23. The summed E-state index contributed by atoms with van der Waals surface area (Å²) >= 11 is 0. The molecule has 8 nitrogen and oxygen atoms in total. The molecular formula is C26H30N4O4S. The van der Waals surface area contributed by atoms with E-state index in [2.05, 4.69) is 15.1 Å². The van der Waals surface area contributed by atoms with Gasteiger partial charge in [0.2, 0.25) is 5.91 Å². The maximum absolute atomic E-state index is 13.1. The van der Waals surface area contributed by atoms with E-state index in [-0.39, 0.29) is 17.3 Å². The Morgan fingerprint density at radius 1 is 0.943 bits per heavy atom. The molecular weight excluding hydrogens is 464 g/mol. The summed E-state index contributed by atoms with van der Waals surface area (Å²) < 4.78 is 32.6. The number of hydrogen-bond acceptors (Lipinski definition) is 6. The molecule has 35 heavy (non-hydrogen) atoms. The van der Waals surface area contributed by atoms with E-state index in [0.717, 1.165) is 37.6 Å². The average Bonchev–Trinajstić information content (AvgIpc) is 2.89. The van der Waals surface area contributed by atoms with Gasteiger partial charge >= 0.3 is 0 Å². The fourth-order valence-electron chi connectivity index (χ4n) is 4.03. The van der Waals surface area contributed by atoms with Crippen LogP contribution < -0.4 is 19.3 Å². The number of amides is 1. The van der Waals surface area contributed by atoms with E-state index in [1.165, 1.54) is 23.5 Å². The lowest BCUT2D eigenvalue weighted by atomic mass is 10.2. The lowest BCUT2D eigenvalue weighted by Crippen LogP contribution is -2.48. The Bertz CT molecular complexity index is 1240. The molecule has 0 saturated carbocycles. The maximum Gasteiger partial charge on any atom is 0.264 e. The number of benzene rings is 3. The number of nitrogens with zero attached hydrogens (tertiary/aromatic N) is 3. The van der Waals surface area contributed by atoms with Crippen molar-refractivity contribution < 1.29 is 17.9 Å². The van der Waals surface area contributed by atoms with Gasteiger partial charge in [0.1, 0.15) is 5.75 Å². The van der Waals surface area contributed by atoms with Crippen LogP contribution in [0, 0.1) is 0 Å². The average molecular weight is 495 g/mol. The Hall–Kier alpha value is -3.56. The van der Waals surface area contributed by atoms with Crippen molar-refractivity contribution in [3.05, 3.63) is 78.9 Å². The summed E-state index contributed by atoms with van der Waals surface area (Å²) in [6, 6.07) is 23.2. The molecule has 1 N–H and O–H groups in total. The molecule has 0 aliphatic carbocycles. The molecule has 4 rings (SSSR count). The molecule has 0 spiro atoms. The molecule has 1 heterocycles. The Labute approximate surface area is 206 Å². The molecule has 1 aliphatic rings. The zero-order valence-electron chi connectivity index (χ0n) is 19.9. The van der Waals surface area contributed by atoms with Gasteiger partial charge in [-0.1, -0.05) is 24.3 Å². The molecule has 1 aliphatic heterocycles. The lowest BCUT2D eigenvalue weighted by Gasteiger charge is -2.35. The van der Waals surface area contributed by atoms with Gasteiger partial charge in [0.15, 0.2) is 0 Å². The van der Waals surface area contributed by atoms with E-state index >= 15 is 0 Å². The first kappa shape index (κ1) is 24.6. The van der Waals surface area contributed by atoms with E-state index in [4.69, 9.17) is 4.74 Å². The van der Waals surface area contributed by atoms with Crippen LogP contribution >= 0.6 is 0 Å². The van der Waals surface area contributed by atoms with Gasteiger partial charge in [-0.15, -0.1) is 0 Å². The number of methoxy groups -OCH3 is 1. The van der Waals surface area contributed by atoms with Gasteiger partial charge in [-0.25, -0.2) is 8.42 Å². The van der Waals surface area contributed by atoms with Crippen molar-refractivity contribution in [2.24, 2.45) is 0 Å². The van der Waals surface area contributed by atoms with Gasteiger partial charge in [-0.3, -0.25) is 14.0 Å². The molecule has 3 aromatic rings. The molecule has 1 saturated heterocycles. The lowest BCUT2D eigenvalue weighted by molar-refractivity contribution is -0.117. The molecule has 0 radical (unpaired) electrons.